The Morgan fingerprint density at radius 1 is 1.14 bits per heavy atom. The summed E-state index contributed by atoms with van der Waals surface area (Å²) in [4.78, 5) is 11.1. The molecule has 4 heteroatoms. The van der Waals surface area contributed by atoms with Gasteiger partial charge in [0.1, 0.15) is 0 Å². The number of rotatable bonds is 10. The zero-order chi connectivity index (χ0) is 16.6. The molecule has 0 saturated heterocycles. The van der Waals surface area contributed by atoms with Crippen LogP contribution >= 0.6 is 0 Å². The first-order valence-corrected chi connectivity index (χ1v) is 11.6. The van der Waals surface area contributed by atoms with Gasteiger partial charge in [-0.25, -0.2) is 0 Å². The molecule has 0 heterocycles. The quantitative estimate of drug-likeness (QED) is 0.441. The molecule has 0 radical (unpaired) electrons. The zero-order valence-electron chi connectivity index (χ0n) is 14.8. The van der Waals surface area contributed by atoms with Crippen molar-refractivity contribution < 1.29 is 14.3 Å². The molecule has 1 N–H and O–H groups in total. The Balaban J connectivity index is 2.81. The van der Waals surface area contributed by atoms with Crippen molar-refractivity contribution in [2.24, 2.45) is 11.8 Å². The number of aliphatic carboxylic acids is 1. The fourth-order valence-corrected chi connectivity index (χ4v) is 6.75. The highest BCUT2D eigenvalue weighted by atomic mass is 28.4. The lowest BCUT2D eigenvalue weighted by molar-refractivity contribution is -0.138. The number of hydrogen-bond donors (Lipinski definition) is 1. The standard InChI is InChI=1S/C18H34O3Si/c1-5-9-10-11-16-15(14-18(19)20)12-13-17(16)21-22(6-2,7-3)8-4/h9-10,15-17H,5-8,11-14H2,1-4H3,(H,19,20)/b10-9-/t15-,16+,17-/m0/s1. The number of carbonyl (C=O) groups is 1. The molecule has 0 aliphatic heterocycles. The van der Waals surface area contributed by atoms with Crippen molar-refractivity contribution in [1.29, 1.82) is 0 Å². The van der Waals surface area contributed by atoms with Crippen LogP contribution in [0.1, 0.15) is 59.8 Å². The van der Waals surface area contributed by atoms with Crippen molar-refractivity contribution in [1.82, 2.24) is 0 Å². The van der Waals surface area contributed by atoms with Gasteiger partial charge in [-0.15, -0.1) is 0 Å². The van der Waals surface area contributed by atoms with Crippen LogP contribution in [0, 0.1) is 11.8 Å². The third-order valence-electron chi connectivity index (χ3n) is 5.49. The molecular formula is C18H34O3Si. The molecule has 0 amide bonds. The Labute approximate surface area is 137 Å². The van der Waals surface area contributed by atoms with Crippen molar-refractivity contribution in [3.05, 3.63) is 12.2 Å². The van der Waals surface area contributed by atoms with E-state index in [2.05, 4.69) is 39.8 Å². The summed E-state index contributed by atoms with van der Waals surface area (Å²) in [5, 5.41) is 9.17. The number of carboxylic acid groups (broad SMARTS) is 1. The number of carboxylic acids is 1. The summed E-state index contributed by atoms with van der Waals surface area (Å²) in [6.07, 6.45) is 9.05. The maximum atomic E-state index is 11.1. The highest BCUT2D eigenvalue weighted by molar-refractivity contribution is 6.73. The van der Waals surface area contributed by atoms with E-state index < -0.39 is 14.3 Å². The van der Waals surface area contributed by atoms with Gasteiger partial charge >= 0.3 is 5.97 Å². The van der Waals surface area contributed by atoms with Crippen molar-refractivity contribution in [2.75, 3.05) is 0 Å². The first-order valence-electron chi connectivity index (χ1n) is 9.06. The van der Waals surface area contributed by atoms with Gasteiger partial charge in [0.25, 0.3) is 0 Å². The molecule has 0 aromatic rings. The molecule has 0 spiro atoms. The Morgan fingerprint density at radius 2 is 1.77 bits per heavy atom. The Kier molecular flexibility index (Phi) is 8.40. The van der Waals surface area contributed by atoms with Gasteiger partial charge in [0.15, 0.2) is 8.32 Å². The summed E-state index contributed by atoms with van der Waals surface area (Å²) in [6.45, 7) is 8.91. The van der Waals surface area contributed by atoms with Crippen molar-refractivity contribution in [3.8, 4) is 0 Å². The lowest BCUT2D eigenvalue weighted by atomic mass is 9.89. The fraction of sp³-hybridized carbons (Fsp3) is 0.833. The Morgan fingerprint density at radius 3 is 2.27 bits per heavy atom. The molecule has 0 bridgehead atoms. The summed E-state index contributed by atoms with van der Waals surface area (Å²) in [6, 6.07) is 3.49. The van der Waals surface area contributed by atoms with Crippen LogP contribution in [0.4, 0.5) is 0 Å². The predicted octanol–water partition coefficient (Wildman–Crippen LogP) is 5.23. The molecule has 22 heavy (non-hydrogen) atoms. The first-order chi connectivity index (χ1) is 10.5. The van der Waals surface area contributed by atoms with Gasteiger partial charge in [-0.3, -0.25) is 4.79 Å². The van der Waals surface area contributed by atoms with Gasteiger partial charge in [0.05, 0.1) is 0 Å². The average molecular weight is 327 g/mol. The number of allylic oxidation sites excluding steroid dienone is 2. The Hall–Kier alpha value is -0.613. The summed E-state index contributed by atoms with van der Waals surface area (Å²) < 4.78 is 6.71. The molecule has 0 unspecified atom stereocenters. The van der Waals surface area contributed by atoms with Crippen LogP contribution < -0.4 is 0 Å². The van der Waals surface area contributed by atoms with E-state index in [0.717, 1.165) is 43.8 Å². The molecule has 128 valence electrons. The van der Waals surface area contributed by atoms with Gasteiger partial charge in [-0.05, 0) is 55.7 Å². The third kappa shape index (κ3) is 5.23. The molecule has 1 saturated carbocycles. The summed E-state index contributed by atoms with van der Waals surface area (Å²) in [5.41, 5.74) is 0. The molecule has 0 aromatic carbocycles. The van der Waals surface area contributed by atoms with Gasteiger partial charge in [-0.2, -0.15) is 0 Å². The van der Waals surface area contributed by atoms with Gasteiger partial charge in [0, 0.05) is 12.5 Å². The highest BCUT2D eigenvalue weighted by Gasteiger charge is 2.41. The van der Waals surface area contributed by atoms with E-state index in [1.807, 2.05) is 0 Å². The molecular weight excluding hydrogens is 292 g/mol. The van der Waals surface area contributed by atoms with E-state index in [-0.39, 0.29) is 12.0 Å². The van der Waals surface area contributed by atoms with E-state index in [1.165, 1.54) is 0 Å². The van der Waals surface area contributed by atoms with E-state index in [1.54, 1.807) is 0 Å². The Bertz CT molecular complexity index is 355. The van der Waals surface area contributed by atoms with Gasteiger partial charge in [-0.1, -0.05) is 39.8 Å². The van der Waals surface area contributed by atoms with Crippen LogP contribution in [0.15, 0.2) is 12.2 Å². The topological polar surface area (TPSA) is 46.5 Å². The fourth-order valence-electron chi connectivity index (χ4n) is 3.82. The summed E-state index contributed by atoms with van der Waals surface area (Å²) in [7, 11) is -1.61. The minimum absolute atomic E-state index is 0.275. The molecule has 1 aliphatic carbocycles. The second-order valence-corrected chi connectivity index (χ2v) is 11.3. The van der Waals surface area contributed by atoms with E-state index in [4.69, 9.17) is 4.43 Å². The predicted molar refractivity (Wildman–Crippen MR) is 94.6 cm³/mol. The third-order valence-corrected chi connectivity index (χ3v) is 10.2. The summed E-state index contributed by atoms with van der Waals surface area (Å²) >= 11 is 0. The number of hydrogen-bond acceptors (Lipinski definition) is 2. The maximum absolute atomic E-state index is 11.1. The largest absolute Gasteiger partial charge is 0.481 e. The minimum atomic E-state index is -1.61. The van der Waals surface area contributed by atoms with Crippen LogP contribution in [-0.2, 0) is 9.22 Å². The van der Waals surface area contributed by atoms with Crippen molar-refractivity contribution in [3.63, 3.8) is 0 Å². The second kappa shape index (κ2) is 9.51. The van der Waals surface area contributed by atoms with Crippen LogP contribution in [-0.4, -0.2) is 25.5 Å². The average Bonchev–Trinajstić information content (AvgIpc) is 2.86. The smallest absolute Gasteiger partial charge is 0.303 e. The first kappa shape index (κ1) is 19.4. The van der Waals surface area contributed by atoms with Crippen LogP contribution in [0.2, 0.25) is 18.1 Å². The van der Waals surface area contributed by atoms with Crippen LogP contribution in [0.5, 0.6) is 0 Å². The lowest BCUT2D eigenvalue weighted by Crippen LogP contribution is -2.41. The van der Waals surface area contributed by atoms with E-state index >= 15 is 0 Å². The highest BCUT2D eigenvalue weighted by Crippen LogP contribution is 2.41. The van der Waals surface area contributed by atoms with Crippen molar-refractivity contribution in [2.45, 2.75) is 84.0 Å². The zero-order valence-corrected chi connectivity index (χ0v) is 15.8. The maximum Gasteiger partial charge on any atom is 0.303 e. The normalized spacial score (nSPS) is 25.9. The molecule has 3 nitrogen and oxygen atoms in total. The van der Waals surface area contributed by atoms with Gasteiger partial charge < -0.3 is 9.53 Å². The summed E-state index contributed by atoms with van der Waals surface area (Å²) in [5.74, 6) is -0.00296. The molecule has 0 aromatic heterocycles. The van der Waals surface area contributed by atoms with E-state index in [0.29, 0.717) is 12.3 Å². The van der Waals surface area contributed by atoms with E-state index in [9.17, 15) is 9.90 Å². The molecule has 1 fully saturated rings. The monoisotopic (exact) mass is 326 g/mol. The molecule has 1 aliphatic rings. The molecule has 3 atom stereocenters. The van der Waals surface area contributed by atoms with Crippen molar-refractivity contribution >= 4 is 14.3 Å². The minimum Gasteiger partial charge on any atom is -0.481 e. The molecule has 1 rings (SSSR count). The van der Waals surface area contributed by atoms with Crippen LogP contribution in [0.25, 0.3) is 0 Å². The SMILES string of the molecule is CC/C=C\C[C@@H]1[C@H](CC(=O)O)CC[C@@H]1O[Si](CC)(CC)CC. The lowest BCUT2D eigenvalue weighted by Gasteiger charge is -2.35. The van der Waals surface area contributed by atoms with Crippen LogP contribution in [0.3, 0.4) is 0 Å². The second-order valence-electron chi connectivity index (χ2n) is 6.61. The van der Waals surface area contributed by atoms with Gasteiger partial charge in [0.2, 0.25) is 0 Å².